The van der Waals surface area contributed by atoms with E-state index in [4.69, 9.17) is 0 Å². The topological polar surface area (TPSA) is 15.3 Å². The standard InChI is InChI=1S/C18H30N2/c1-4-13-20(14-15-11-12-15)17(5-2)18(19-3)16-9-7-6-8-10-16/h6-10,15,17-19H,4-5,11-14H2,1-3H3. The molecule has 2 nitrogen and oxygen atoms in total. The van der Waals surface area contributed by atoms with Gasteiger partial charge in [0.1, 0.15) is 0 Å². The van der Waals surface area contributed by atoms with Crippen molar-refractivity contribution in [2.75, 3.05) is 20.1 Å². The second kappa shape index (κ2) is 7.80. The number of benzene rings is 1. The van der Waals surface area contributed by atoms with Crippen molar-refractivity contribution in [3.8, 4) is 0 Å². The average molecular weight is 274 g/mol. The maximum absolute atomic E-state index is 3.56. The lowest BCUT2D eigenvalue weighted by molar-refractivity contribution is 0.148. The summed E-state index contributed by atoms with van der Waals surface area (Å²) in [5.74, 6) is 0.962. The summed E-state index contributed by atoms with van der Waals surface area (Å²) in [6, 6.07) is 11.9. The minimum absolute atomic E-state index is 0.437. The Morgan fingerprint density at radius 2 is 1.90 bits per heavy atom. The highest BCUT2D eigenvalue weighted by Crippen LogP contribution is 2.32. The quantitative estimate of drug-likeness (QED) is 0.736. The fourth-order valence-electron chi connectivity index (χ4n) is 3.26. The molecule has 0 amide bonds. The molecule has 112 valence electrons. The van der Waals surface area contributed by atoms with E-state index in [1.165, 1.54) is 44.3 Å². The van der Waals surface area contributed by atoms with Crippen LogP contribution in [0.1, 0.15) is 51.1 Å². The summed E-state index contributed by atoms with van der Waals surface area (Å²) in [5.41, 5.74) is 1.42. The van der Waals surface area contributed by atoms with Gasteiger partial charge in [-0.25, -0.2) is 0 Å². The number of nitrogens with zero attached hydrogens (tertiary/aromatic N) is 1. The molecule has 1 N–H and O–H groups in total. The lowest BCUT2D eigenvalue weighted by atomic mass is 9.95. The highest BCUT2D eigenvalue weighted by Gasteiger charge is 2.31. The Morgan fingerprint density at radius 1 is 1.20 bits per heavy atom. The zero-order valence-corrected chi connectivity index (χ0v) is 13.3. The molecule has 0 aliphatic heterocycles. The molecule has 2 rings (SSSR count). The molecule has 0 aromatic heterocycles. The normalized spacial score (nSPS) is 18.2. The summed E-state index contributed by atoms with van der Waals surface area (Å²) in [7, 11) is 2.10. The molecule has 0 bridgehead atoms. The first-order chi connectivity index (χ1) is 9.80. The van der Waals surface area contributed by atoms with E-state index in [0.717, 1.165) is 5.92 Å². The first-order valence-electron chi connectivity index (χ1n) is 8.26. The van der Waals surface area contributed by atoms with Crippen molar-refractivity contribution in [2.45, 2.75) is 51.6 Å². The van der Waals surface area contributed by atoms with E-state index in [9.17, 15) is 0 Å². The second-order valence-electron chi connectivity index (χ2n) is 6.09. The largest absolute Gasteiger partial charge is 0.312 e. The van der Waals surface area contributed by atoms with Crippen molar-refractivity contribution in [2.24, 2.45) is 5.92 Å². The third kappa shape index (κ3) is 4.07. The third-order valence-corrected chi connectivity index (χ3v) is 4.44. The predicted molar refractivity (Wildman–Crippen MR) is 86.9 cm³/mol. The van der Waals surface area contributed by atoms with Gasteiger partial charge in [-0.05, 0) is 50.8 Å². The van der Waals surface area contributed by atoms with Gasteiger partial charge >= 0.3 is 0 Å². The highest BCUT2D eigenvalue weighted by atomic mass is 15.2. The van der Waals surface area contributed by atoms with E-state index in [-0.39, 0.29) is 0 Å². The van der Waals surface area contributed by atoms with E-state index >= 15 is 0 Å². The van der Waals surface area contributed by atoms with Crippen molar-refractivity contribution in [1.82, 2.24) is 10.2 Å². The van der Waals surface area contributed by atoms with Gasteiger partial charge in [0.2, 0.25) is 0 Å². The van der Waals surface area contributed by atoms with Gasteiger partial charge in [0.05, 0.1) is 0 Å². The Balaban J connectivity index is 2.13. The fourth-order valence-corrected chi connectivity index (χ4v) is 3.26. The molecular formula is C18H30N2. The van der Waals surface area contributed by atoms with Crippen LogP contribution in [0.4, 0.5) is 0 Å². The number of likely N-dealkylation sites (N-methyl/N-ethyl adjacent to an activating group) is 1. The van der Waals surface area contributed by atoms with Crippen LogP contribution >= 0.6 is 0 Å². The van der Waals surface area contributed by atoms with Crippen molar-refractivity contribution >= 4 is 0 Å². The Morgan fingerprint density at radius 3 is 2.40 bits per heavy atom. The molecule has 0 spiro atoms. The van der Waals surface area contributed by atoms with Gasteiger partial charge in [-0.2, -0.15) is 0 Å². The second-order valence-corrected chi connectivity index (χ2v) is 6.09. The molecule has 1 aromatic carbocycles. The number of nitrogens with one attached hydrogen (secondary N) is 1. The van der Waals surface area contributed by atoms with Crippen LogP contribution in [-0.4, -0.2) is 31.1 Å². The van der Waals surface area contributed by atoms with E-state index in [1.54, 1.807) is 0 Å². The predicted octanol–water partition coefficient (Wildman–Crippen LogP) is 3.85. The SMILES string of the molecule is CCCN(CC1CC1)C(CC)C(NC)c1ccccc1. The van der Waals surface area contributed by atoms with Crippen LogP contribution in [0.25, 0.3) is 0 Å². The van der Waals surface area contributed by atoms with Crippen molar-refractivity contribution in [3.63, 3.8) is 0 Å². The van der Waals surface area contributed by atoms with Crippen LogP contribution < -0.4 is 5.32 Å². The molecule has 1 aromatic rings. The summed E-state index contributed by atoms with van der Waals surface area (Å²) in [5, 5.41) is 3.56. The van der Waals surface area contributed by atoms with Gasteiger partial charge in [-0.15, -0.1) is 0 Å². The van der Waals surface area contributed by atoms with Crippen molar-refractivity contribution in [3.05, 3.63) is 35.9 Å². The Labute approximate surface area is 124 Å². The van der Waals surface area contributed by atoms with Gasteiger partial charge in [0.15, 0.2) is 0 Å². The monoisotopic (exact) mass is 274 g/mol. The lowest BCUT2D eigenvalue weighted by Gasteiger charge is -2.37. The molecule has 0 saturated heterocycles. The van der Waals surface area contributed by atoms with Gasteiger partial charge in [0.25, 0.3) is 0 Å². The van der Waals surface area contributed by atoms with E-state index in [2.05, 4.69) is 61.4 Å². The molecule has 1 aliphatic carbocycles. The van der Waals surface area contributed by atoms with Gasteiger partial charge in [-0.3, -0.25) is 4.90 Å². The van der Waals surface area contributed by atoms with Crippen LogP contribution in [0.2, 0.25) is 0 Å². The molecule has 2 atom stereocenters. The first kappa shape index (κ1) is 15.5. The summed E-state index contributed by atoms with van der Waals surface area (Å²) >= 11 is 0. The zero-order valence-electron chi connectivity index (χ0n) is 13.3. The Kier molecular flexibility index (Phi) is 6.06. The van der Waals surface area contributed by atoms with Crippen LogP contribution in [0, 0.1) is 5.92 Å². The van der Waals surface area contributed by atoms with Crippen LogP contribution in [0.5, 0.6) is 0 Å². The fraction of sp³-hybridized carbons (Fsp3) is 0.667. The summed E-state index contributed by atoms with van der Waals surface area (Å²) < 4.78 is 0. The maximum atomic E-state index is 3.56. The Hall–Kier alpha value is -0.860. The van der Waals surface area contributed by atoms with E-state index in [0.29, 0.717) is 12.1 Å². The summed E-state index contributed by atoms with van der Waals surface area (Å²) in [6.45, 7) is 7.13. The number of hydrogen-bond acceptors (Lipinski definition) is 2. The molecule has 0 heterocycles. The molecular weight excluding hydrogens is 244 g/mol. The van der Waals surface area contributed by atoms with Crippen LogP contribution in [0.15, 0.2) is 30.3 Å². The first-order valence-corrected chi connectivity index (χ1v) is 8.26. The zero-order chi connectivity index (χ0) is 14.4. The minimum Gasteiger partial charge on any atom is -0.312 e. The molecule has 20 heavy (non-hydrogen) atoms. The van der Waals surface area contributed by atoms with E-state index in [1.807, 2.05) is 0 Å². The maximum Gasteiger partial charge on any atom is 0.0475 e. The van der Waals surface area contributed by atoms with Gasteiger partial charge in [-0.1, -0.05) is 44.2 Å². The molecule has 2 unspecified atom stereocenters. The highest BCUT2D eigenvalue weighted by molar-refractivity contribution is 5.20. The molecule has 1 saturated carbocycles. The van der Waals surface area contributed by atoms with Gasteiger partial charge in [0, 0.05) is 18.6 Å². The van der Waals surface area contributed by atoms with Crippen molar-refractivity contribution in [1.29, 1.82) is 0 Å². The number of hydrogen-bond donors (Lipinski definition) is 1. The van der Waals surface area contributed by atoms with E-state index < -0.39 is 0 Å². The van der Waals surface area contributed by atoms with Crippen LogP contribution in [0.3, 0.4) is 0 Å². The van der Waals surface area contributed by atoms with Crippen molar-refractivity contribution < 1.29 is 0 Å². The molecule has 1 fully saturated rings. The average Bonchev–Trinajstić information content (AvgIpc) is 3.29. The minimum atomic E-state index is 0.437. The van der Waals surface area contributed by atoms with Crippen LogP contribution in [-0.2, 0) is 0 Å². The molecule has 1 aliphatic rings. The molecule has 0 radical (unpaired) electrons. The molecule has 2 heteroatoms. The third-order valence-electron chi connectivity index (χ3n) is 4.44. The summed E-state index contributed by atoms with van der Waals surface area (Å²) in [6.07, 6.45) is 5.32. The Bertz CT molecular complexity index is 372. The smallest absolute Gasteiger partial charge is 0.0475 e. The van der Waals surface area contributed by atoms with Gasteiger partial charge < -0.3 is 5.32 Å². The lowest BCUT2D eigenvalue weighted by Crippen LogP contribution is -2.45. The summed E-state index contributed by atoms with van der Waals surface area (Å²) in [4.78, 5) is 2.73. The number of rotatable bonds is 9.